The lowest BCUT2D eigenvalue weighted by Gasteiger charge is -2.28. The Hall–Kier alpha value is -1.78. The number of nitrogens with zero attached hydrogens (tertiary/aromatic N) is 2. The first-order valence-corrected chi connectivity index (χ1v) is 6.09. The first kappa shape index (κ1) is 15.3. The summed E-state index contributed by atoms with van der Waals surface area (Å²) in [4.78, 5) is 25.1. The molecule has 0 spiro atoms. The number of ketones is 1. The van der Waals surface area contributed by atoms with E-state index in [2.05, 4.69) is 11.4 Å². The van der Waals surface area contributed by atoms with Gasteiger partial charge in [0.15, 0.2) is 0 Å². The van der Waals surface area contributed by atoms with Gasteiger partial charge in [-0.15, -0.1) is 6.58 Å². The second kappa shape index (κ2) is 6.41. The normalized spacial score (nSPS) is 29.4. The average Bonchev–Trinajstić information content (AvgIpc) is 2.62. The highest BCUT2D eigenvalue weighted by Gasteiger charge is 2.46. The van der Waals surface area contributed by atoms with Crippen LogP contribution in [0.25, 0.3) is 5.53 Å². The Bertz CT molecular complexity index is 428. The lowest BCUT2D eigenvalue weighted by molar-refractivity contribution is -0.161. The number of rotatable bonds is 6. The number of Topliss-reactive ketones (excluding diaryl/α,β-unsaturated/α-hetero) is 1. The van der Waals surface area contributed by atoms with E-state index >= 15 is 0 Å². The van der Waals surface area contributed by atoms with Crippen molar-refractivity contribution in [3.63, 3.8) is 0 Å². The lowest BCUT2D eigenvalue weighted by atomic mass is 9.92. The Morgan fingerprint density at radius 2 is 2.32 bits per heavy atom. The van der Waals surface area contributed by atoms with Crippen molar-refractivity contribution in [1.29, 1.82) is 0 Å². The van der Waals surface area contributed by atoms with E-state index in [0.29, 0.717) is 12.8 Å². The van der Waals surface area contributed by atoms with Crippen LogP contribution < -0.4 is 0 Å². The van der Waals surface area contributed by atoms with Crippen LogP contribution in [-0.2, 0) is 19.1 Å². The molecule has 0 amide bonds. The summed E-state index contributed by atoms with van der Waals surface area (Å²) in [7, 11) is 0. The Balaban J connectivity index is 2.71. The summed E-state index contributed by atoms with van der Waals surface area (Å²) in [5.74, 6) is -0.692. The van der Waals surface area contributed by atoms with E-state index in [1.165, 1.54) is 6.92 Å². The van der Waals surface area contributed by atoms with Gasteiger partial charge in [-0.05, 0) is 13.3 Å². The molecule has 0 aromatic carbocycles. The summed E-state index contributed by atoms with van der Waals surface area (Å²) in [6, 6.07) is 0. The van der Waals surface area contributed by atoms with Crippen molar-refractivity contribution in [1.82, 2.24) is 0 Å². The maximum absolute atomic E-state index is 11.3. The van der Waals surface area contributed by atoms with Gasteiger partial charge in [0.05, 0.1) is 12.2 Å². The van der Waals surface area contributed by atoms with Crippen LogP contribution in [-0.4, -0.2) is 40.6 Å². The zero-order valence-electron chi connectivity index (χ0n) is 11.2. The fourth-order valence-electron chi connectivity index (χ4n) is 2.28. The minimum Gasteiger partial charge on any atom is -0.457 e. The highest BCUT2D eigenvalue weighted by Crippen LogP contribution is 2.36. The van der Waals surface area contributed by atoms with Crippen molar-refractivity contribution in [3.05, 3.63) is 18.2 Å². The van der Waals surface area contributed by atoms with E-state index in [4.69, 9.17) is 15.0 Å². The van der Waals surface area contributed by atoms with Gasteiger partial charge in [0, 0.05) is 19.8 Å². The van der Waals surface area contributed by atoms with E-state index in [1.807, 2.05) is 0 Å². The summed E-state index contributed by atoms with van der Waals surface area (Å²) in [5, 5.41) is 0. The highest BCUT2D eigenvalue weighted by atomic mass is 16.6. The summed E-state index contributed by atoms with van der Waals surface area (Å²) in [6.07, 6.45) is 2.99. The largest absolute Gasteiger partial charge is 0.457 e. The lowest BCUT2D eigenvalue weighted by Crippen LogP contribution is -2.39. The quantitative estimate of drug-likeness (QED) is 0.238. The van der Waals surface area contributed by atoms with Gasteiger partial charge in [0.25, 0.3) is 0 Å². The van der Waals surface area contributed by atoms with Crippen LogP contribution in [0.4, 0.5) is 0 Å². The SMILES string of the molecule is C=C[C@H]1C[C@@](C)(OC(C)=O)[C@@H](CCC(=O)C=[N+]=[N-])O1. The van der Waals surface area contributed by atoms with Crippen molar-refractivity contribution < 1.29 is 23.9 Å². The minimum atomic E-state index is -0.763. The molecule has 6 heteroatoms. The smallest absolute Gasteiger partial charge is 0.323 e. The number of hydrogen-bond acceptors (Lipinski definition) is 4. The molecule has 0 bridgehead atoms. The molecule has 1 heterocycles. The second-order valence-corrected chi connectivity index (χ2v) is 4.76. The molecule has 1 rings (SSSR count). The number of ether oxygens (including phenoxy) is 2. The molecule has 1 saturated heterocycles. The van der Waals surface area contributed by atoms with Gasteiger partial charge in [0.1, 0.15) is 5.60 Å². The molecule has 3 atom stereocenters. The van der Waals surface area contributed by atoms with Crippen LogP contribution in [0.5, 0.6) is 0 Å². The predicted molar refractivity (Wildman–Crippen MR) is 67.6 cm³/mol. The molecule has 0 aromatic rings. The topological polar surface area (TPSA) is 89.0 Å². The predicted octanol–water partition coefficient (Wildman–Crippen LogP) is 1.30. The Morgan fingerprint density at radius 3 is 2.84 bits per heavy atom. The third-order valence-corrected chi connectivity index (χ3v) is 3.12. The fraction of sp³-hybridized carbons (Fsp3) is 0.615. The molecule has 1 aliphatic rings. The van der Waals surface area contributed by atoms with Gasteiger partial charge in [-0.2, -0.15) is 4.79 Å². The van der Waals surface area contributed by atoms with Crippen LogP contribution in [0.1, 0.15) is 33.1 Å². The summed E-state index contributed by atoms with van der Waals surface area (Å²) in [5.41, 5.74) is 7.50. The summed E-state index contributed by atoms with van der Waals surface area (Å²) >= 11 is 0. The third kappa shape index (κ3) is 4.12. The molecular weight excluding hydrogens is 248 g/mol. The molecule has 0 aliphatic carbocycles. The Kier molecular flexibility index (Phi) is 5.15. The van der Waals surface area contributed by atoms with Crippen molar-refractivity contribution >= 4 is 18.0 Å². The van der Waals surface area contributed by atoms with Gasteiger partial charge in [-0.25, -0.2) is 0 Å². The average molecular weight is 266 g/mol. The minimum absolute atomic E-state index is 0.162. The monoisotopic (exact) mass is 266 g/mol. The Morgan fingerprint density at radius 1 is 1.63 bits per heavy atom. The fourth-order valence-corrected chi connectivity index (χ4v) is 2.28. The first-order chi connectivity index (χ1) is 8.91. The number of esters is 1. The highest BCUT2D eigenvalue weighted by molar-refractivity contribution is 6.25. The molecule has 0 unspecified atom stereocenters. The maximum Gasteiger partial charge on any atom is 0.323 e. The van der Waals surface area contributed by atoms with E-state index in [9.17, 15) is 9.59 Å². The molecule has 104 valence electrons. The Labute approximate surface area is 112 Å². The van der Waals surface area contributed by atoms with Gasteiger partial charge < -0.3 is 15.0 Å². The first-order valence-electron chi connectivity index (χ1n) is 6.09. The number of carbonyl (C=O) groups is 2. The third-order valence-electron chi connectivity index (χ3n) is 3.12. The van der Waals surface area contributed by atoms with Crippen LogP contribution in [0.2, 0.25) is 0 Å². The van der Waals surface area contributed by atoms with Gasteiger partial charge >= 0.3 is 12.2 Å². The zero-order chi connectivity index (χ0) is 14.5. The number of hydrogen-bond donors (Lipinski definition) is 0. The summed E-state index contributed by atoms with van der Waals surface area (Å²) < 4.78 is 11.0. The molecule has 0 aromatic heterocycles. The molecule has 0 saturated carbocycles. The van der Waals surface area contributed by atoms with Crippen molar-refractivity contribution in [2.45, 2.75) is 50.9 Å². The second-order valence-electron chi connectivity index (χ2n) is 4.76. The molecule has 1 aliphatic heterocycles. The number of carbonyl (C=O) groups excluding carboxylic acids is 2. The molecule has 0 radical (unpaired) electrons. The van der Waals surface area contributed by atoms with Crippen LogP contribution in [0.15, 0.2) is 12.7 Å². The van der Waals surface area contributed by atoms with E-state index in [1.54, 1.807) is 13.0 Å². The van der Waals surface area contributed by atoms with Crippen LogP contribution >= 0.6 is 0 Å². The van der Waals surface area contributed by atoms with Gasteiger partial charge in [0.2, 0.25) is 5.78 Å². The van der Waals surface area contributed by atoms with Gasteiger partial charge in [-0.3, -0.25) is 9.59 Å². The van der Waals surface area contributed by atoms with E-state index in [0.717, 1.165) is 6.21 Å². The van der Waals surface area contributed by atoms with Gasteiger partial charge in [-0.1, -0.05) is 6.08 Å². The van der Waals surface area contributed by atoms with Crippen molar-refractivity contribution in [3.8, 4) is 0 Å². The van der Waals surface area contributed by atoms with Crippen LogP contribution in [0.3, 0.4) is 0 Å². The maximum atomic E-state index is 11.3. The molecule has 6 nitrogen and oxygen atoms in total. The molecule has 0 N–H and O–H groups in total. The van der Waals surface area contributed by atoms with Crippen LogP contribution in [0, 0.1) is 0 Å². The summed E-state index contributed by atoms with van der Waals surface area (Å²) in [6.45, 7) is 6.79. The zero-order valence-corrected chi connectivity index (χ0v) is 11.2. The molecule has 1 fully saturated rings. The van der Waals surface area contributed by atoms with Crippen molar-refractivity contribution in [2.24, 2.45) is 0 Å². The van der Waals surface area contributed by atoms with E-state index < -0.39 is 5.60 Å². The standard InChI is InChI=1S/C13H18N2O4/c1-4-11-7-13(3,19-9(2)16)12(18-11)6-5-10(17)8-15-14/h4,8,11-12H,1,5-7H2,2-3H3/t11-,12+,13+/m0/s1. The molecular formula is C13H18N2O4. The molecule has 19 heavy (non-hydrogen) atoms. The van der Waals surface area contributed by atoms with Crippen molar-refractivity contribution in [2.75, 3.05) is 0 Å². The van der Waals surface area contributed by atoms with E-state index in [-0.39, 0.29) is 30.4 Å².